The Morgan fingerprint density at radius 2 is 1.32 bits per heavy atom. The number of carboxylic acid groups (broad SMARTS) is 1. The van der Waals surface area contributed by atoms with Crippen LogP contribution in [0, 0.1) is 11.8 Å². The Morgan fingerprint density at radius 3 is 1.84 bits per heavy atom. The molecule has 3 aliphatic rings. The van der Waals surface area contributed by atoms with Crippen LogP contribution in [-0.4, -0.2) is 65.2 Å². The molecule has 2 aromatic carbocycles. The minimum atomic E-state index is -0.905. The summed E-state index contributed by atoms with van der Waals surface area (Å²) >= 11 is 0. The number of benzene rings is 2. The van der Waals surface area contributed by atoms with Gasteiger partial charge >= 0.3 is 5.97 Å². The minimum Gasteiger partial charge on any atom is -0.481 e. The average Bonchev–Trinajstić information content (AvgIpc) is 3.43. The van der Waals surface area contributed by atoms with Crippen LogP contribution < -0.4 is 0 Å². The molecule has 3 fully saturated rings. The first-order valence-corrected chi connectivity index (χ1v) is 11.1. The fraction of sp³-hybridized carbons (Fsp3) is 0.440. The zero-order valence-corrected chi connectivity index (χ0v) is 17.5. The molecule has 2 aromatic rings. The maximum atomic E-state index is 13.3. The van der Waals surface area contributed by atoms with Crippen molar-refractivity contribution in [2.24, 2.45) is 11.8 Å². The molecular formula is C25H28N2O4. The van der Waals surface area contributed by atoms with E-state index in [-0.39, 0.29) is 24.2 Å². The maximum absolute atomic E-state index is 13.3. The number of fused-ring (bicyclic) bond motifs is 2. The Kier molecular flexibility index (Phi) is 5.50. The monoisotopic (exact) mass is 420 g/mol. The normalized spacial score (nSPS) is 28.2. The number of hydrogen-bond donors (Lipinski definition) is 1. The number of carboxylic acids is 1. The molecule has 0 aliphatic carbocycles. The molecule has 1 N–H and O–H groups in total. The molecule has 1 amide bonds. The number of hydrogen-bond acceptors (Lipinski definition) is 4. The highest BCUT2D eigenvalue weighted by Gasteiger charge is 2.56. The van der Waals surface area contributed by atoms with Gasteiger partial charge < -0.3 is 14.7 Å². The summed E-state index contributed by atoms with van der Waals surface area (Å²) in [5.41, 5.74) is 2.47. The number of carbonyl (C=O) groups excluding carboxylic acids is 1. The van der Waals surface area contributed by atoms with Crippen molar-refractivity contribution in [1.29, 1.82) is 0 Å². The van der Waals surface area contributed by atoms with Gasteiger partial charge in [-0.3, -0.25) is 14.5 Å². The van der Waals surface area contributed by atoms with Gasteiger partial charge in [0.1, 0.15) is 0 Å². The van der Waals surface area contributed by atoms with Crippen LogP contribution in [0.4, 0.5) is 0 Å². The number of carbonyl (C=O) groups is 2. The molecule has 5 rings (SSSR count). The van der Waals surface area contributed by atoms with Gasteiger partial charge in [-0.15, -0.1) is 0 Å². The zero-order chi connectivity index (χ0) is 21.4. The summed E-state index contributed by atoms with van der Waals surface area (Å²) < 4.78 is 5.81. The Balaban J connectivity index is 1.31. The first kappa shape index (κ1) is 20.2. The van der Waals surface area contributed by atoms with Gasteiger partial charge in [-0.05, 0) is 24.0 Å². The topological polar surface area (TPSA) is 70.1 Å². The predicted octanol–water partition coefficient (Wildman–Crippen LogP) is 2.80. The third-order valence-electron chi connectivity index (χ3n) is 7.07. The molecule has 3 saturated heterocycles. The third kappa shape index (κ3) is 3.75. The standard InChI is InChI=1S/C25H28N2O4/c28-24(21-19-11-12-20(31-19)22(21)25(29)30)27-15-13-26(14-16-27)23(17-7-3-1-4-8-17)18-9-5-2-6-10-18/h1-10,19-23H,11-16H2,(H,29,30)/t19-,20-,21+,22-/m1/s1. The van der Waals surface area contributed by atoms with Crippen molar-refractivity contribution in [1.82, 2.24) is 9.80 Å². The molecule has 0 aromatic heterocycles. The summed E-state index contributed by atoms with van der Waals surface area (Å²) in [6.45, 7) is 2.71. The van der Waals surface area contributed by atoms with E-state index >= 15 is 0 Å². The largest absolute Gasteiger partial charge is 0.481 e. The fourth-order valence-corrected chi connectivity index (χ4v) is 5.60. The summed E-state index contributed by atoms with van der Waals surface area (Å²) in [5.74, 6) is -2.19. The molecule has 6 nitrogen and oxygen atoms in total. The lowest BCUT2D eigenvalue weighted by Crippen LogP contribution is -2.54. The average molecular weight is 421 g/mol. The Labute approximate surface area is 182 Å². The lowest BCUT2D eigenvalue weighted by Gasteiger charge is -2.41. The van der Waals surface area contributed by atoms with Crippen LogP contribution >= 0.6 is 0 Å². The molecule has 0 unspecified atom stereocenters. The minimum absolute atomic E-state index is 0.0461. The molecule has 0 spiro atoms. The van der Waals surface area contributed by atoms with Crippen LogP contribution in [0.15, 0.2) is 60.7 Å². The van der Waals surface area contributed by atoms with Crippen molar-refractivity contribution in [2.45, 2.75) is 31.1 Å². The van der Waals surface area contributed by atoms with Gasteiger partial charge in [-0.1, -0.05) is 60.7 Å². The molecule has 0 saturated carbocycles. The van der Waals surface area contributed by atoms with Gasteiger partial charge in [-0.25, -0.2) is 0 Å². The van der Waals surface area contributed by atoms with Crippen LogP contribution in [0.2, 0.25) is 0 Å². The number of ether oxygens (including phenoxy) is 1. The van der Waals surface area contributed by atoms with E-state index in [4.69, 9.17) is 4.74 Å². The molecule has 0 radical (unpaired) electrons. The maximum Gasteiger partial charge on any atom is 0.310 e. The van der Waals surface area contributed by atoms with E-state index < -0.39 is 17.8 Å². The molecule has 3 aliphatic heterocycles. The van der Waals surface area contributed by atoms with Crippen molar-refractivity contribution in [3.8, 4) is 0 Å². The molecule has 3 heterocycles. The van der Waals surface area contributed by atoms with E-state index in [0.717, 1.165) is 25.9 Å². The van der Waals surface area contributed by atoms with Gasteiger partial charge in [0.25, 0.3) is 0 Å². The van der Waals surface area contributed by atoms with Crippen LogP contribution in [0.25, 0.3) is 0 Å². The highest BCUT2D eigenvalue weighted by molar-refractivity contribution is 5.86. The number of aliphatic carboxylic acids is 1. The van der Waals surface area contributed by atoms with E-state index in [1.54, 1.807) is 0 Å². The second-order valence-electron chi connectivity index (χ2n) is 8.77. The number of piperazine rings is 1. The van der Waals surface area contributed by atoms with Gasteiger partial charge in [0.2, 0.25) is 5.91 Å². The third-order valence-corrected chi connectivity index (χ3v) is 7.07. The summed E-state index contributed by atoms with van der Waals surface area (Å²) in [5, 5.41) is 9.66. The molecule has 2 bridgehead atoms. The summed E-state index contributed by atoms with van der Waals surface area (Å²) in [4.78, 5) is 29.3. The Morgan fingerprint density at radius 1 is 0.806 bits per heavy atom. The van der Waals surface area contributed by atoms with E-state index in [9.17, 15) is 14.7 Å². The lowest BCUT2D eigenvalue weighted by molar-refractivity contribution is -0.151. The smallest absolute Gasteiger partial charge is 0.310 e. The lowest BCUT2D eigenvalue weighted by atomic mass is 9.78. The molecular weight excluding hydrogens is 392 g/mol. The molecule has 4 atom stereocenters. The number of amides is 1. The molecule has 31 heavy (non-hydrogen) atoms. The van der Waals surface area contributed by atoms with Crippen molar-refractivity contribution < 1.29 is 19.4 Å². The predicted molar refractivity (Wildman–Crippen MR) is 115 cm³/mol. The number of rotatable bonds is 5. The van der Waals surface area contributed by atoms with E-state index in [2.05, 4.69) is 53.4 Å². The van der Waals surface area contributed by atoms with Crippen molar-refractivity contribution in [3.05, 3.63) is 71.8 Å². The van der Waals surface area contributed by atoms with E-state index in [1.807, 2.05) is 17.0 Å². The van der Waals surface area contributed by atoms with Gasteiger partial charge in [-0.2, -0.15) is 0 Å². The fourth-order valence-electron chi connectivity index (χ4n) is 5.60. The van der Waals surface area contributed by atoms with Crippen molar-refractivity contribution >= 4 is 11.9 Å². The first-order chi connectivity index (χ1) is 15.1. The van der Waals surface area contributed by atoms with Gasteiger partial charge in [0.15, 0.2) is 0 Å². The van der Waals surface area contributed by atoms with Crippen LogP contribution in [-0.2, 0) is 14.3 Å². The quantitative estimate of drug-likeness (QED) is 0.806. The molecule has 6 heteroatoms. The highest BCUT2D eigenvalue weighted by Crippen LogP contribution is 2.44. The Bertz CT molecular complexity index is 888. The first-order valence-electron chi connectivity index (χ1n) is 11.1. The van der Waals surface area contributed by atoms with Gasteiger partial charge in [0, 0.05) is 26.2 Å². The van der Waals surface area contributed by atoms with E-state index in [0.29, 0.717) is 13.1 Å². The van der Waals surface area contributed by atoms with E-state index in [1.165, 1.54) is 11.1 Å². The summed E-state index contributed by atoms with van der Waals surface area (Å²) in [6, 6.07) is 21.0. The highest BCUT2D eigenvalue weighted by atomic mass is 16.5. The van der Waals surface area contributed by atoms with Crippen LogP contribution in [0.3, 0.4) is 0 Å². The van der Waals surface area contributed by atoms with Crippen molar-refractivity contribution in [3.63, 3.8) is 0 Å². The summed E-state index contributed by atoms with van der Waals surface area (Å²) in [6.07, 6.45) is 0.987. The number of nitrogens with zero attached hydrogens (tertiary/aromatic N) is 2. The second kappa shape index (κ2) is 8.44. The van der Waals surface area contributed by atoms with Crippen molar-refractivity contribution in [2.75, 3.05) is 26.2 Å². The SMILES string of the molecule is O=C(O)[C@H]1[C@@H](C(=O)N2CCN(C(c3ccccc3)c3ccccc3)CC2)[C@H]2CC[C@H]1O2. The van der Waals surface area contributed by atoms with Crippen LogP contribution in [0.5, 0.6) is 0 Å². The van der Waals surface area contributed by atoms with Crippen LogP contribution in [0.1, 0.15) is 30.0 Å². The molecule has 162 valence electrons. The zero-order valence-electron chi connectivity index (χ0n) is 17.5. The summed E-state index contributed by atoms with van der Waals surface area (Å²) in [7, 11) is 0. The van der Waals surface area contributed by atoms with Gasteiger partial charge in [0.05, 0.1) is 30.1 Å². The Hall–Kier alpha value is -2.70. The second-order valence-corrected chi connectivity index (χ2v) is 8.77.